The van der Waals surface area contributed by atoms with Gasteiger partial charge in [0.2, 0.25) is 0 Å². The van der Waals surface area contributed by atoms with E-state index < -0.39 is 0 Å². The lowest BCUT2D eigenvalue weighted by Gasteiger charge is -2.27. The molecule has 0 unspecified atom stereocenters. The molecule has 0 fully saturated rings. The Hall–Kier alpha value is -7.94. The zero-order chi connectivity index (χ0) is 39.6. The second-order valence-electron chi connectivity index (χ2n) is 15.7. The Balaban J connectivity index is 1.09. The van der Waals surface area contributed by atoms with Crippen molar-refractivity contribution >= 4 is 82.1 Å². The first kappa shape index (κ1) is 34.1. The molecule has 2 nitrogen and oxygen atoms in total. The lowest BCUT2D eigenvalue weighted by molar-refractivity contribution is 0.669. The number of nitrogens with zero attached hydrogens (tertiary/aromatic N) is 1. The van der Waals surface area contributed by atoms with Crippen molar-refractivity contribution in [1.82, 2.24) is 0 Å². The zero-order valence-corrected chi connectivity index (χ0v) is 32.7. The van der Waals surface area contributed by atoms with Gasteiger partial charge >= 0.3 is 0 Å². The van der Waals surface area contributed by atoms with Crippen molar-refractivity contribution in [3.8, 4) is 33.4 Å². The molecule has 60 heavy (non-hydrogen) atoms. The molecule has 12 rings (SSSR count). The van der Waals surface area contributed by atoms with Crippen molar-refractivity contribution < 1.29 is 4.42 Å². The molecule has 1 aromatic heterocycles. The van der Waals surface area contributed by atoms with Gasteiger partial charge in [0.1, 0.15) is 11.2 Å². The molecule has 0 aliphatic rings. The first-order chi connectivity index (χ1) is 29.7. The minimum Gasteiger partial charge on any atom is -0.456 e. The maximum absolute atomic E-state index is 6.52. The number of fused-ring (bicyclic) bond motifs is 8. The maximum atomic E-state index is 6.52. The molecular weight excluding hydrogens is 727 g/mol. The fraction of sp³-hybridized carbons (Fsp3) is 0. The zero-order valence-electron chi connectivity index (χ0n) is 32.7. The molecule has 0 N–H and O–H groups in total. The van der Waals surface area contributed by atoms with Gasteiger partial charge in [-0.15, -0.1) is 0 Å². The molecule has 0 amide bonds. The molecule has 0 radical (unpaired) electrons. The van der Waals surface area contributed by atoms with Gasteiger partial charge in [-0.05, 0) is 137 Å². The Bertz CT molecular complexity index is 3600. The summed E-state index contributed by atoms with van der Waals surface area (Å²) in [6.07, 6.45) is 0. The third kappa shape index (κ3) is 5.73. The van der Waals surface area contributed by atoms with Gasteiger partial charge in [0.05, 0.1) is 0 Å². The molecule has 0 atom stereocenters. The summed E-state index contributed by atoms with van der Waals surface area (Å²) >= 11 is 0. The SMILES string of the molecule is c1ccc(-c2ccc(-c3cccc(N(c4cc(-c5cc6ccccc6c6ccccc56)c5ccccc5c4)c4ccc5oc6cc7ccccc7cc6c5c4)c3)cc2)cc1. The van der Waals surface area contributed by atoms with Gasteiger partial charge in [0, 0.05) is 27.8 Å². The van der Waals surface area contributed by atoms with Crippen LogP contribution < -0.4 is 4.90 Å². The van der Waals surface area contributed by atoms with Crippen molar-refractivity contribution in [2.24, 2.45) is 0 Å². The van der Waals surface area contributed by atoms with Gasteiger partial charge in [-0.2, -0.15) is 0 Å². The summed E-state index contributed by atoms with van der Waals surface area (Å²) in [4.78, 5) is 2.42. The van der Waals surface area contributed by atoms with Gasteiger partial charge in [0.15, 0.2) is 0 Å². The van der Waals surface area contributed by atoms with Crippen molar-refractivity contribution in [3.05, 3.63) is 224 Å². The molecule has 0 bridgehead atoms. The highest BCUT2D eigenvalue weighted by Crippen LogP contribution is 2.45. The quantitative estimate of drug-likeness (QED) is 0.157. The van der Waals surface area contributed by atoms with Crippen LogP contribution in [0, 0.1) is 0 Å². The summed E-state index contributed by atoms with van der Waals surface area (Å²) in [5, 5.41) is 12.0. The Morgan fingerprint density at radius 1 is 0.250 bits per heavy atom. The number of hydrogen-bond donors (Lipinski definition) is 0. The first-order valence-electron chi connectivity index (χ1n) is 20.6. The molecule has 12 aromatic rings. The van der Waals surface area contributed by atoms with Gasteiger partial charge in [-0.25, -0.2) is 0 Å². The second-order valence-corrected chi connectivity index (χ2v) is 15.7. The highest BCUT2D eigenvalue weighted by Gasteiger charge is 2.20. The van der Waals surface area contributed by atoms with Crippen LogP contribution in [0.3, 0.4) is 0 Å². The predicted octanol–water partition coefficient (Wildman–Crippen LogP) is 16.7. The molecule has 0 saturated heterocycles. The number of benzene rings is 11. The smallest absolute Gasteiger partial charge is 0.136 e. The van der Waals surface area contributed by atoms with E-state index >= 15 is 0 Å². The Morgan fingerprint density at radius 2 is 0.800 bits per heavy atom. The molecule has 0 saturated carbocycles. The first-order valence-corrected chi connectivity index (χ1v) is 20.6. The highest BCUT2D eigenvalue weighted by molar-refractivity contribution is 6.17. The summed E-state index contributed by atoms with van der Waals surface area (Å²) < 4.78 is 6.52. The van der Waals surface area contributed by atoms with E-state index in [9.17, 15) is 0 Å². The average molecular weight is 764 g/mol. The standard InChI is InChI=1S/C58H37NO/c1-2-13-38(14-3-1)39-25-27-40(28-26-39)41-19-12-20-46(31-41)59(47-29-30-57-56(36-47)55-33-42-15-4-5-16-43(42)35-58(55)60-57)48-32-44-17-6-9-22-50(44)54(37-48)53-34-45-18-7-8-21-49(45)51-23-10-11-24-52(51)53/h1-37H. The minimum atomic E-state index is 0.873. The Morgan fingerprint density at radius 3 is 1.58 bits per heavy atom. The Labute approximate surface area is 347 Å². The van der Waals surface area contributed by atoms with E-state index in [1.807, 2.05) is 0 Å². The van der Waals surface area contributed by atoms with Gasteiger partial charge in [-0.3, -0.25) is 0 Å². The lowest BCUT2D eigenvalue weighted by atomic mass is 9.90. The fourth-order valence-electron chi connectivity index (χ4n) is 9.27. The molecule has 280 valence electrons. The lowest BCUT2D eigenvalue weighted by Crippen LogP contribution is -2.10. The molecule has 0 spiro atoms. The van der Waals surface area contributed by atoms with Crippen LogP contribution in [-0.4, -0.2) is 0 Å². The van der Waals surface area contributed by atoms with Crippen molar-refractivity contribution in [1.29, 1.82) is 0 Å². The number of anilines is 3. The van der Waals surface area contributed by atoms with Gasteiger partial charge in [0.25, 0.3) is 0 Å². The van der Waals surface area contributed by atoms with E-state index in [1.165, 1.54) is 70.9 Å². The summed E-state index contributed by atoms with van der Waals surface area (Å²) in [6.45, 7) is 0. The monoisotopic (exact) mass is 763 g/mol. The molecule has 0 aliphatic heterocycles. The van der Waals surface area contributed by atoms with Crippen LogP contribution >= 0.6 is 0 Å². The Kier molecular flexibility index (Phi) is 7.89. The van der Waals surface area contributed by atoms with E-state index in [0.29, 0.717) is 0 Å². The summed E-state index contributed by atoms with van der Waals surface area (Å²) in [6, 6.07) is 81.5. The summed E-state index contributed by atoms with van der Waals surface area (Å²) in [5.41, 5.74) is 12.1. The van der Waals surface area contributed by atoms with Crippen LogP contribution in [0.5, 0.6) is 0 Å². The highest BCUT2D eigenvalue weighted by atomic mass is 16.3. The predicted molar refractivity (Wildman–Crippen MR) is 255 cm³/mol. The van der Waals surface area contributed by atoms with Gasteiger partial charge < -0.3 is 9.32 Å². The van der Waals surface area contributed by atoms with Crippen molar-refractivity contribution in [2.75, 3.05) is 4.90 Å². The van der Waals surface area contributed by atoms with E-state index in [4.69, 9.17) is 4.42 Å². The van der Waals surface area contributed by atoms with Crippen molar-refractivity contribution in [2.45, 2.75) is 0 Å². The topological polar surface area (TPSA) is 16.4 Å². The fourth-order valence-corrected chi connectivity index (χ4v) is 9.27. The summed E-state index contributed by atoms with van der Waals surface area (Å²) in [7, 11) is 0. The molecule has 1 heterocycles. The van der Waals surface area contributed by atoms with E-state index in [0.717, 1.165) is 44.6 Å². The molecule has 2 heteroatoms. The van der Waals surface area contributed by atoms with Crippen LogP contribution in [0.15, 0.2) is 229 Å². The normalized spacial score (nSPS) is 11.7. The molecule has 0 aliphatic carbocycles. The molecule has 11 aromatic carbocycles. The van der Waals surface area contributed by atoms with Crippen LogP contribution in [0.25, 0.3) is 98.4 Å². The second kappa shape index (κ2) is 13.9. The largest absolute Gasteiger partial charge is 0.456 e. The average Bonchev–Trinajstić information content (AvgIpc) is 3.67. The third-order valence-corrected chi connectivity index (χ3v) is 12.2. The number of rotatable bonds is 6. The van der Waals surface area contributed by atoms with E-state index in [2.05, 4.69) is 229 Å². The number of hydrogen-bond acceptors (Lipinski definition) is 2. The van der Waals surface area contributed by atoms with Crippen molar-refractivity contribution in [3.63, 3.8) is 0 Å². The summed E-state index contributed by atoms with van der Waals surface area (Å²) in [5.74, 6) is 0. The van der Waals surface area contributed by atoms with Crippen LogP contribution in [0.2, 0.25) is 0 Å². The van der Waals surface area contributed by atoms with Gasteiger partial charge in [-0.1, -0.05) is 164 Å². The van der Waals surface area contributed by atoms with Crippen LogP contribution in [0.4, 0.5) is 17.1 Å². The van der Waals surface area contributed by atoms with Crippen LogP contribution in [-0.2, 0) is 0 Å². The van der Waals surface area contributed by atoms with Crippen LogP contribution in [0.1, 0.15) is 0 Å². The molecular formula is C58H37NO. The third-order valence-electron chi connectivity index (χ3n) is 12.2. The van der Waals surface area contributed by atoms with E-state index in [1.54, 1.807) is 0 Å². The minimum absolute atomic E-state index is 0.873. The maximum Gasteiger partial charge on any atom is 0.136 e. The number of furan rings is 1. The van der Waals surface area contributed by atoms with E-state index in [-0.39, 0.29) is 0 Å².